The third-order valence-electron chi connectivity index (χ3n) is 7.52. The predicted octanol–water partition coefficient (Wildman–Crippen LogP) is 1.95. The number of para-hydroxylation sites is 1. The van der Waals surface area contributed by atoms with E-state index in [-0.39, 0.29) is 24.3 Å². The highest BCUT2D eigenvalue weighted by Crippen LogP contribution is 2.57. The quantitative estimate of drug-likeness (QED) is 0.576. The van der Waals surface area contributed by atoms with Gasteiger partial charge < -0.3 is 19.9 Å². The summed E-state index contributed by atoms with van der Waals surface area (Å²) in [6, 6.07) is 14.9. The standard InChI is InChI=1S/C27H28N6O4/c1-18(34)28-15-24(35)32-12-10-27-22-8-2-3-9-23(22)33(26(27)36)17-20-16-31(30-29-20)11-5-13-37-21-7-4-6-19(14-21)25(27)32/h2-4,6-9,14,16,25H,5,10-13,15,17H2,1H3,(H,28,34)/t25-,27+/m0/s1. The number of rotatable bonds is 2. The number of fused-ring (bicyclic) bond motifs is 8. The molecule has 10 heteroatoms. The maximum Gasteiger partial charge on any atom is 0.242 e. The number of carbonyl (C=O) groups is 3. The van der Waals surface area contributed by atoms with Crippen molar-refractivity contribution < 1.29 is 19.1 Å². The van der Waals surface area contributed by atoms with Crippen LogP contribution in [0.4, 0.5) is 5.69 Å². The number of carbonyl (C=O) groups excluding carboxylic acids is 3. The molecule has 4 heterocycles. The highest BCUT2D eigenvalue weighted by atomic mass is 16.5. The van der Waals surface area contributed by atoms with Crippen molar-refractivity contribution in [1.29, 1.82) is 0 Å². The third kappa shape index (κ3) is 3.83. The van der Waals surface area contributed by atoms with E-state index in [1.54, 1.807) is 14.5 Å². The van der Waals surface area contributed by atoms with Gasteiger partial charge in [-0.2, -0.15) is 0 Å². The number of amides is 3. The van der Waals surface area contributed by atoms with Crippen molar-refractivity contribution in [3.63, 3.8) is 0 Å². The first-order valence-corrected chi connectivity index (χ1v) is 12.5. The molecule has 0 saturated carbocycles. The van der Waals surface area contributed by atoms with Crippen LogP contribution in [-0.2, 0) is 32.9 Å². The van der Waals surface area contributed by atoms with Crippen LogP contribution in [0.5, 0.6) is 5.75 Å². The molecule has 6 rings (SSSR count). The summed E-state index contributed by atoms with van der Waals surface area (Å²) in [5.74, 6) is 0.108. The first kappa shape index (κ1) is 23.2. The minimum absolute atomic E-state index is 0.0655. The molecule has 3 amide bonds. The van der Waals surface area contributed by atoms with E-state index >= 15 is 0 Å². The van der Waals surface area contributed by atoms with E-state index in [1.165, 1.54) is 6.92 Å². The zero-order valence-corrected chi connectivity index (χ0v) is 20.6. The second-order valence-electron chi connectivity index (χ2n) is 9.78. The van der Waals surface area contributed by atoms with E-state index in [2.05, 4.69) is 15.6 Å². The van der Waals surface area contributed by atoms with Crippen molar-refractivity contribution in [1.82, 2.24) is 25.2 Å². The molecule has 190 valence electrons. The lowest BCUT2D eigenvalue weighted by atomic mass is 9.72. The first-order valence-electron chi connectivity index (χ1n) is 12.5. The topological polar surface area (TPSA) is 110 Å². The summed E-state index contributed by atoms with van der Waals surface area (Å²) in [6.45, 7) is 3.08. The summed E-state index contributed by atoms with van der Waals surface area (Å²) < 4.78 is 7.83. The summed E-state index contributed by atoms with van der Waals surface area (Å²) >= 11 is 0. The molecule has 3 aliphatic rings. The lowest BCUT2D eigenvalue weighted by Gasteiger charge is -2.35. The number of ether oxygens (including phenoxy) is 1. The van der Waals surface area contributed by atoms with E-state index in [0.29, 0.717) is 44.1 Å². The average Bonchev–Trinajstić information content (AvgIpc) is 3.58. The van der Waals surface area contributed by atoms with Gasteiger partial charge in [0.15, 0.2) is 0 Å². The number of likely N-dealkylation sites (tertiary alicyclic amines) is 1. The summed E-state index contributed by atoms with van der Waals surface area (Å²) in [5.41, 5.74) is 2.27. The van der Waals surface area contributed by atoms with Gasteiger partial charge in [0, 0.05) is 32.1 Å². The molecule has 1 N–H and O–H groups in total. The van der Waals surface area contributed by atoms with E-state index < -0.39 is 11.5 Å². The van der Waals surface area contributed by atoms with Crippen molar-refractivity contribution in [2.24, 2.45) is 0 Å². The molecular formula is C27H28N6O4. The molecular weight excluding hydrogens is 472 g/mol. The molecule has 10 nitrogen and oxygen atoms in total. The fourth-order valence-corrected chi connectivity index (χ4v) is 5.95. The number of nitrogens with zero attached hydrogens (tertiary/aromatic N) is 5. The van der Waals surface area contributed by atoms with Crippen molar-refractivity contribution >= 4 is 23.4 Å². The number of hydrogen-bond acceptors (Lipinski definition) is 6. The summed E-state index contributed by atoms with van der Waals surface area (Å²) in [5, 5.41) is 11.2. The van der Waals surface area contributed by atoms with Gasteiger partial charge in [-0.1, -0.05) is 35.5 Å². The van der Waals surface area contributed by atoms with Gasteiger partial charge in [0.2, 0.25) is 17.7 Å². The molecule has 3 aromatic rings. The molecule has 0 aliphatic carbocycles. The molecule has 1 spiro atoms. The number of benzene rings is 2. The third-order valence-corrected chi connectivity index (χ3v) is 7.52. The number of aryl methyl sites for hydroxylation is 1. The highest BCUT2D eigenvalue weighted by Gasteiger charge is 2.61. The van der Waals surface area contributed by atoms with Crippen LogP contribution in [0.25, 0.3) is 0 Å². The predicted molar refractivity (Wildman–Crippen MR) is 134 cm³/mol. The van der Waals surface area contributed by atoms with Crippen LogP contribution in [0.15, 0.2) is 54.7 Å². The maximum atomic E-state index is 14.5. The van der Waals surface area contributed by atoms with Crippen molar-refractivity contribution in [3.8, 4) is 5.75 Å². The first-order chi connectivity index (χ1) is 18.0. The Kier molecular flexibility index (Phi) is 5.66. The van der Waals surface area contributed by atoms with Gasteiger partial charge in [0.1, 0.15) is 16.9 Å². The molecule has 0 unspecified atom stereocenters. The van der Waals surface area contributed by atoms with Crippen LogP contribution in [0.2, 0.25) is 0 Å². The Bertz CT molecular complexity index is 1390. The van der Waals surface area contributed by atoms with Crippen molar-refractivity contribution in [3.05, 3.63) is 71.5 Å². The van der Waals surface area contributed by atoms with E-state index in [4.69, 9.17) is 4.74 Å². The minimum atomic E-state index is -0.975. The SMILES string of the molecule is CC(=O)NCC(=O)N1CC[C@]23C(=O)N(Cc4cn(nn4)CCCOc4cccc(c4)[C@H]12)c1ccccc13. The molecule has 3 aliphatic heterocycles. The van der Waals surface area contributed by atoms with Crippen molar-refractivity contribution in [2.45, 2.75) is 44.3 Å². The highest BCUT2D eigenvalue weighted by molar-refractivity contribution is 6.09. The average molecular weight is 501 g/mol. The van der Waals surface area contributed by atoms with Gasteiger partial charge in [-0.25, -0.2) is 0 Å². The molecule has 2 aromatic carbocycles. The van der Waals surface area contributed by atoms with E-state index in [9.17, 15) is 14.4 Å². The van der Waals surface area contributed by atoms with E-state index in [1.807, 2.05) is 54.7 Å². The Morgan fingerprint density at radius 3 is 2.89 bits per heavy atom. The smallest absolute Gasteiger partial charge is 0.242 e. The van der Waals surface area contributed by atoms with E-state index in [0.717, 1.165) is 23.2 Å². The van der Waals surface area contributed by atoms with Crippen LogP contribution in [0, 0.1) is 0 Å². The van der Waals surface area contributed by atoms with Gasteiger partial charge in [-0.3, -0.25) is 19.1 Å². The summed E-state index contributed by atoms with van der Waals surface area (Å²) in [7, 11) is 0. The van der Waals surface area contributed by atoms with Crippen LogP contribution < -0.4 is 15.0 Å². The number of aromatic nitrogens is 3. The number of hydrogen-bond donors (Lipinski definition) is 1. The Morgan fingerprint density at radius 2 is 2.03 bits per heavy atom. The Balaban J connectivity index is 1.51. The molecule has 6 bridgehead atoms. The fraction of sp³-hybridized carbons (Fsp3) is 0.370. The number of nitrogens with one attached hydrogen (secondary N) is 1. The molecule has 0 radical (unpaired) electrons. The Hall–Kier alpha value is -4.21. The van der Waals surface area contributed by atoms with Crippen LogP contribution in [0.1, 0.15) is 42.6 Å². The second-order valence-corrected chi connectivity index (χ2v) is 9.78. The number of anilines is 1. The monoisotopic (exact) mass is 500 g/mol. The minimum Gasteiger partial charge on any atom is -0.494 e. The Morgan fingerprint density at radius 1 is 1.16 bits per heavy atom. The van der Waals surface area contributed by atoms with Crippen LogP contribution in [0.3, 0.4) is 0 Å². The van der Waals surface area contributed by atoms with Crippen LogP contribution in [-0.4, -0.2) is 57.3 Å². The molecule has 1 fully saturated rings. The largest absolute Gasteiger partial charge is 0.494 e. The lowest BCUT2D eigenvalue weighted by Crippen LogP contribution is -2.47. The molecule has 1 saturated heterocycles. The Labute approximate surface area is 214 Å². The maximum absolute atomic E-state index is 14.5. The van der Waals surface area contributed by atoms with Gasteiger partial charge in [0.25, 0.3) is 0 Å². The second kappa shape index (κ2) is 9.02. The van der Waals surface area contributed by atoms with Gasteiger partial charge in [-0.05, 0) is 35.7 Å². The molecule has 2 atom stereocenters. The zero-order chi connectivity index (χ0) is 25.6. The summed E-state index contributed by atoms with van der Waals surface area (Å²) in [6.07, 6.45) is 3.08. The van der Waals surface area contributed by atoms with Gasteiger partial charge >= 0.3 is 0 Å². The normalized spacial score (nSPS) is 22.4. The molecule has 1 aromatic heterocycles. The van der Waals surface area contributed by atoms with Gasteiger partial charge in [-0.15, -0.1) is 5.10 Å². The van der Waals surface area contributed by atoms with Crippen LogP contribution >= 0.6 is 0 Å². The van der Waals surface area contributed by atoms with Crippen molar-refractivity contribution in [2.75, 3.05) is 24.6 Å². The molecule has 37 heavy (non-hydrogen) atoms. The summed E-state index contributed by atoms with van der Waals surface area (Å²) in [4.78, 5) is 43.0. The zero-order valence-electron chi connectivity index (χ0n) is 20.6. The van der Waals surface area contributed by atoms with Gasteiger partial charge in [0.05, 0.1) is 31.9 Å². The fourth-order valence-electron chi connectivity index (χ4n) is 5.95. The lowest BCUT2D eigenvalue weighted by molar-refractivity contribution is -0.134.